The van der Waals surface area contributed by atoms with Crippen molar-refractivity contribution in [3.05, 3.63) is 53.5 Å². The Morgan fingerprint density at radius 1 is 1.28 bits per heavy atom. The average Bonchev–Trinajstić information content (AvgIpc) is 2.81. The lowest BCUT2D eigenvalue weighted by atomic mass is 10.1. The summed E-state index contributed by atoms with van der Waals surface area (Å²) in [7, 11) is 1.70. The van der Waals surface area contributed by atoms with E-state index in [0.717, 1.165) is 23.6 Å². The van der Waals surface area contributed by atoms with Gasteiger partial charge in [-0.2, -0.15) is 0 Å². The van der Waals surface area contributed by atoms with E-state index in [4.69, 9.17) is 9.15 Å². The van der Waals surface area contributed by atoms with Crippen molar-refractivity contribution in [3.63, 3.8) is 0 Å². The van der Waals surface area contributed by atoms with Crippen molar-refractivity contribution in [1.29, 1.82) is 0 Å². The maximum Gasteiger partial charge on any atom is 0.123 e. The number of benzene rings is 1. The van der Waals surface area contributed by atoms with Crippen LogP contribution in [-0.2, 0) is 6.54 Å². The van der Waals surface area contributed by atoms with Crippen molar-refractivity contribution in [2.75, 3.05) is 7.11 Å². The van der Waals surface area contributed by atoms with Crippen LogP contribution in [0.1, 0.15) is 29.9 Å². The predicted octanol–water partition coefficient (Wildman–Crippen LogP) is 3.45. The number of rotatable bonds is 5. The van der Waals surface area contributed by atoms with Gasteiger partial charge in [-0.3, -0.25) is 0 Å². The molecule has 0 amide bonds. The number of methoxy groups -OCH3 is 1. The average molecular weight is 245 g/mol. The smallest absolute Gasteiger partial charge is 0.123 e. The van der Waals surface area contributed by atoms with Crippen LogP contribution in [0.5, 0.6) is 5.75 Å². The third kappa shape index (κ3) is 2.74. The van der Waals surface area contributed by atoms with E-state index in [1.54, 1.807) is 13.4 Å². The van der Waals surface area contributed by atoms with Crippen LogP contribution >= 0.6 is 0 Å². The van der Waals surface area contributed by atoms with E-state index in [1.165, 1.54) is 5.56 Å². The first-order valence-corrected chi connectivity index (χ1v) is 6.11. The lowest BCUT2D eigenvalue weighted by Crippen LogP contribution is -2.18. The first kappa shape index (κ1) is 12.7. The van der Waals surface area contributed by atoms with Gasteiger partial charge >= 0.3 is 0 Å². The normalized spacial score (nSPS) is 12.4. The van der Waals surface area contributed by atoms with E-state index < -0.39 is 0 Å². The van der Waals surface area contributed by atoms with E-state index in [2.05, 4.69) is 18.3 Å². The molecule has 1 aromatic carbocycles. The van der Waals surface area contributed by atoms with E-state index >= 15 is 0 Å². The molecular formula is C15H19NO2. The Morgan fingerprint density at radius 3 is 2.72 bits per heavy atom. The van der Waals surface area contributed by atoms with E-state index in [9.17, 15) is 0 Å². The molecule has 1 heterocycles. The summed E-state index contributed by atoms with van der Waals surface area (Å²) in [5, 5.41) is 3.44. The highest BCUT2D eigenvalue weighted by atomic mass is 16.5. The molecule has 18 heavy (non-hydrogen) atoms. The molecule has 0 aliphatic rings. The van der Waals surface area contributed by atoms with Crippen molar-refractivity contribution in [3.8, 4) is 5.75 Å². The fraction of sp³-hybridized carbons (Fsp3) is 0.333. The summed E-state index contributed by atoms with van der Waals surface area (Å²) in [5.41, 5.74) is 2.33. The quantitative estimate of drug-likeness (QED) is 0.876. The molecule has 0 bridgehead atoms. The van der Waals surface area contributed by atoms with Crippen molar-refractivity contribution in [2.24, 2.45) is 0 Å². The largest absolute Gasteiger partial charge is 0.496 e. The Kier molecular flexibility index (Phi) is 4.05. The first-order chi connectivity index (χ1) is 8.72. The van der Waals surface area contributed by atoms with Gasteiger partial charge in [0.1, 0.15) is 11.5 Å². The highest BCUT2D eigenvalue weighted by Crippen LogP contribution is 2.24. The topological polar surface area (TPSA) is 34.4 Å². The number of furan rings is 1. The van der Waals surface area contributed by atoms with Gasteiger partial charge in [-0.1, -0.05) is 18.2 Å². The summed E-state index contributed by atoms with van der Waals surface area (Å²) in [6.45, 7) is 4.89. The van der Waals surface area contributed by atoms with E-state index in [-0.39, 0.29) is 6.04 Å². The Hall–Kier alpha value is -1.74. The molecule has 96 valence electrons. The fourth-order valence-electron chi connectivity index (χ4n) is 1.97. The Morgan fingerprint density at radius 2 is 2.06 bits per heavy atom. The van der Waals surface area contributed by atoms with Crippen LogP contribution in [-0.4, -0.2) is 7.11 Å². The van der Waals surface area contributed by atoms with Gasteiger partial charge in [0.15, 0.2) is 0 Å². The molecule has 0 radical (unpaired) electrons. The summed E-state index contributed by atoms with van der Waals surface area (Å²) < 4.78 is 10.8. The molecule has 2 aromatic rings. The van der Waals surface area contributed by atoms with Gasteiger partial charge in [0.05, 0.1) is 19.9 Å². The van der Waals surface area contributed by atoms with Crippen molar-refractivity contribution in [1.82, 2.24) is 5.32 Å². The monoisotopic (exact) mass is 245 g/mol. The molecule has 3 heteroatoms. The lowest BCUT2D eigenvalue weighted by molar-refractivity contribution is 0.397. The van der Waals surface area contributed by atoms with Crippen molar-refractivity contribution < 1.29 is 9.15 Å². The number of nitrogens with one attached hydrogen (secondary N) is 1. The van der Waals surface area contributed by atoms with Gasteiger partial charge < -0.3 is 14.5 Å². The summed E-state index contributed by atoms with van der Waals surface area (Å²) in [6.07, 6.45) is 1.72. The van der Waals surface area contributed by atoms with Gasteiger partial charge in [-0.05, 0) is 31.5 Å². The second kappa shape index (κ2) is 5.74. The maximum atomic E-state index is 5.41. The minimum Gasteiger partial charge on any atom is -0.496 e. The molecule has 0 fully saturated rings. The molecule has 1 unspecified atom stereocenters. The first-order valence-electron chi connectivity index (χ1n) is 6.11. The highest BCUT2D eigenvalue weighted by Gasteiger charge is 2.11. The van der Waals surface area contributed by atoms with Crippen molar-refractivity contribution >= 4 is 0 Å². The van der Waals surface area contributed by atoms with Gasteiger partial charge in [0, 0.05) is 11.6 Å². The molecule has 1 atom stereocenters. The van der Waals surface area contributed by atoms with Crippen LogP contribution in [0.4, 0.5) is 0 Å². The van der Waals surface area contributed by atoms with Gasteiger partial charge in [0.25, 0.3) is 0 Å². The molecule has 0 saturated carbocycles. The van der Waals surface area contributed by atoms with Gasteiger partial charge in [-0.15, -0.1) is 0 Å². The molecule has 0 aliphatic carbocycles. The van der Waals surface area contributed by atoms with Crippen LogP contribution in [0.2, 0.25) is 0 Å². The zero-order valence-corrected chi connectivity index (χ0v) is 11.1. The SMILES string of the molecule is COc1ccccc1C(C)NCc1occc1C. The molecular weight excluding hydrogens is 226 g/mol. The predicted molar refractivity (Wildman–Crippen MR) is 71.7 cm³/mol. The molecule has 1 N–H and O–H groups in total. The summed E-state index contributed by atoms with van der Waals surface area (Å²) in [5.74, 6) is 1.89. The number of aryl methyl sites for hydroxylation is 1. The Balaban J connectivity index is 2.03. The zero-order chi connectivity index (χ0) is 13.0. The van der Waals surface area contributed by atoms with Crippen LogP contribution in [0.3, 0.4) is 0 Å². The summed E-state index contributed by atoms with van der Waals surface area (Å²) >= 11 is 0. The van der Waals surface area contributed by atoms with Crippen LogP contribution in [0, 0.1) is 6.92 Å². The number of para-hydroxylation sites is 1. The highest BCUT2D eigenvalue weighted by molar-refractivity contribution is 5.35. The number of hydrogen-bond donors (Lipinski definition) is 1. The minimum atomic E-state index is 0.214. The lowest BCUT2D eigenvalue weighted by Gasteiger charge is -2.16. The molecule has 1 aromatic heterocycles. The Labute approximate surface area is 108 Å². The molecule has 0 saturated heterocycles. The van der Waals surface area contributed by atoms with Crippen LogP contribution < -0.4 is 10.1 Å². The maximum absolute atomic E-state index is 5.41. The third-order valence-electron chi connectivity index (χ3n) is 3.14. The van der Waals surface area contributed by atoms with Crippen LogP contribution in [0.25, 0.3) is 0 Å². The summed E-state index contributed by atoms with van der Waals surface area (Å²) in [4.78, 5) is 0. The number of hydrogen-bond acceptors (Lipinski definition) is 3. The Bertz CT molecular complexity index is 505. The molecule has 0 aliphatic heterocycles. The van der Waals surface area contributed by atoms with Crippen molar-refractivity contribution in [2.45, 2.75) is 26.4 Å². The standard InChI is InChI=1S/C15H19NO2/c1-11-8-9-18-15(11)10-16-12(2)13-6-4-5-7-14(13)17-3/h4-9,12,16H,10H2,1-3H3. The van der Waals surface area contributed by atoms with Gasteiger partial charge in [0.2, 0.25) is 0 Å². The van der Waals surface area contributed by atoms with E-state index in [0.29, 0.717) is 0 Å². The van der Waals surface area contributed by atoms with Crippen LogP contribution in [0.15, 0.2) is 41.0 Å². The molecule has 2 rings (SSSR count). The fourth-order valence-corrected chi connectivity index (χ4v) is 1.97. The number of ether oxygens (including phenoxy) is 1. The van der Waals surface area contributed by atoms with E-state index in [1.807, 2.05) is 31.2 Å². The molecule has 0 spiro atoms. The third-order valence-corrected chi connectivity index (χ3v) is 3.14. The second-order valence-electron chi connectivity index (χ2n) is 4.37. The minimum absolute atomic E-state index is 0.214. The molecule has 3 nitrogen and oxygen atoms in total. The summed E-state index contributed by atoms with van der Waals surface area (Å²) in [6, 6.07) is 10.2. The second-order valence-corrected chi connectivity index (χ2v) is 4.37. The zero-order valence-electron chi connectivity index (χ0n) is 11.1. The van der Waals surface area contributed by atoms with Gasteiger partial charge in [-0.25, -0.2) is 0 Å².